The molecule has 1 heterocycles. The summed E-state index contributed by atoms with van der Waals surface area (Å²) in [5.41, 5.74) is 0. The van der Waals surface area contributed by atoms with E-state index in [4.69, 9.17) is 0 Å². The molecular weight excluding hydrogens is 186 g/mol. The fourth-order valence-electron chi connectivity index (χ4n) is 1.84. The highest BCUT2D eigenvalue weighted by molar-refractivity contribution is 5.04. The van der Waals surface area contributed by atoms with E-state index in [1.54, 1.807) is 0 Å². The van der Waals surface area contributed by atoms with Crippen molar-refractivity contribution >= 4 is 0 Å². The number of unbranched alkanes of at least 4 members (excludes halogenated alkanes) is 4. The zero-order valence-corrected chi connectivity index (χ0v) is 9.63. The van der Waals surface area contributed by atoms with Gasteiger partial charge in [0.05, 0.1) is 0 Å². The molecular formula is C12H21N3. The smallest absolute Gasteiger partial charge is 0.153 e. The van der Waals surface area contributed by atoms with Crippen LogP contribution in [0.1, 0.15) is 69.4 Å². The molecule has 84 valence electrons. The third kappa shape index (κ3) is 3.33. The van der Waals surface area contributed by atoms with Crippen LogP contribution < -0.4 is 0 Å². The number of aromatic amines is 1. The van der Waals surface area contributed by atoms with Gasteiger partial charge < -0.3 is 0 Å². The average molecular weight is 207 g/mol. The lowest BCUT2D eigenvalue weighted by atomic mass is 10.1. The Morgan fingerprint density at radius 3 is 2.73 bits per heavy atom. The van der Waals surface area contributed by atoms with Gasteiger partial charge in [0.25, 0.3) is 0 Å². The van der Waals surface area contributed by atoms with Crippen molar-refractivity contribution in [1.82, 2.24) is 15.2 Å². The fraction of sp³-hybridized carbons (Fsp3) is 0.833. The van der Waals surface area contributed by atoms with Crippen LogP contribution in [-0.4, -0.2) is 15.2 Å². The second kappa shape index (κ2) is 5.29. The van der Waals surface area contributed by atoms with Crippen LogP contribution in [0.15, 0.2) is 0 Å². The number of hydrogen-bond acceptors (Lipinski definition) is 2. The standard InChI is InChI=1S/C12H21N3/c1-2-3-4-5-6-7-11-13-12(15-14-11)10-8-9-10/h10H,2-9H2,1H3,(H,13,14,15). The number of nitrogens with zero attached hydrogens (tertiary/aromatic N) is 2. The van der Waals surface area contributed by atoms with Crippen LogP contribution in [0.5, 0.6) is 0 Å². The van der Waals surface area contributed by atoms with Crippen molar-refractivity contribution in [3.05, 3.63) is 11.6 Å². The number of aromatic nitrogens is 3. The van der Waals surface area contributed by atoms with Crippen LogP contribution in [0.2, 0.25) is 0 Å². The summed E-state index contributed by atoms with van der Waals surface area (Å²) >= 11 is 0. The number of aryl methyl sites for hydroxylation is 1. The lowest BCUT2D eigenvalue weighted by Crippen LogP contribution is -1.89. The van der Waals surface area contributed by atoms with Crippen molar-refractivity contribution in [3.63, 3.8) is 0 Å². The molecule has 0 atom stereocenters. The Hall–Kier alpha value is -0.860. The number of H-pyrrole nitrogens is 1. The zero-order chi connectivity index (χ0) is 10.5. The molecule has 1 aliphatic rings. The van der Waals surface area contributed by atoms with Crippen molar-refractivity contribution in [1.29, 1.82) is 0 Å². The van der Waals surface area contributed by atoms with Gasteiger partial charge in [0.15, 0.2) is 5.82 Å². The summed E-state index contributed by atoms with van der Waals surface area (Å²) in [6.07, 6.45) is 10.3. The van der Waals surface area contributed by atoms with Gasteiger partial charge >= 0.3 is 0 Å². The zero-order valence-electron chi connectivity index (χ0n) is 9.63. The molecule has 0 spiro atoms. The van der Waals surface area contributed by atoms with Crippen LogP contribution in [0.25, 0.3) is 0 Å². The van der Waals surface area contributed by atoms with Crippen LogP contribution >= 0.6 is 0 Å². The molecule has 1 aromatic rings. The van der Waals surface area contributed by atoms with Crippen LogP contribution in [0.4, 0.5) is 0 Å². The van der Waals surface area contributed by atoms with Gasteiger partial charge in [0, 0.05) is 12.3 Å². The lowest BCUT2D eigenvalue weighted by molar-refractivity contribution is 0.623. The molecule has 3 heteroatoms. The predicted molar refractivity (Wildman–Crippen MR) is 60.8 cm³/mol. The first-order valence-electron chi connectivity index (χ1n) is 6.31. The molecule has 2 rings (SSSR count). The Morgan fingerprint density at radius 2 is 2.00 bits per heavy atom. The quantitative estimate of drug-likeness (QED) is 0.698. The van der Waals surface area contributed by atoms with Gasteiger partial charge in [-0.15, -0.1) is 0 Å². The average Bonchev–Trinajstić information content (AvgIpc) is 2.99. The Labute approximate surface area is 91.7 Å². The minimum absolute atomic E-state index is 0.676. The van der Waals surface area contributed by atoms with Crippen molar-refractivity contribution < 1.29 is 0 Å². The highest BCUT2D eigenvalue weighted by atomic mass is 15.2. The normalized spacial score (nSPS) is 15.8. The maximum Gasteiger partial charge on any atom is 0.153 e. The van der Waals surface area contributed by atoms with E-state index < -0.39 is 0 Å². The third-order valence-electron chi connectivity index (χ3n) is 3.01. The molecule has 1 aromatic heterocycles. The summed E-state index contributed by atoms with van der Waals surface area (Å²) in [6.45, 7) is 2.25. The highest BCUT2D eigenvalue weighted by Crippen LogP contribution is 2.37. The number of hydrogen-bond donors (Lipinski definition) is 1. The Kier molecular flexibility index (Phi) is 3.75. The summed E-state index contributed by atoms with van der Waals surface area (Å²) < 4.78 is 0. The highest BCUT2D eigenvalue weighted by Gasteiger charge is 2.27. The lowest BCUT2D eigenvalue weighted by Gasteiger charge is -1.96. The first-order valence-corrected chi connectivity index (χ1v) is 6.31. The molecule has 0 amide bonds. The SMILES string of the molecule is CCCCCCCc1nc(C2CC2)n[nH]1. The van der Waals surface area contributed by atoms with Crippen molar-refractivity contribution in [2.24, 2.45) is 0 Å². The molecule has 3 nitrogen and oxygen atoms in total. The molecule has 1 saturated carbocycles. The van der Waals surface area contributed by atoms with E-state index in [0.717, 1.165) is 18.1 Å². The second-order valence-corrected chi connectivity index (χ2v) is 4.58. The molecule has 0 aliphatic heterocycles. The number of nitrogens with one attached hydrogen (secondary N) is 1. The minimum Gasteiger partial charge on any atom is -0.263 e. The molecule has 0 radical (unpaired) electrons. The molecule has 1 fully saturated rings. The minimum atomic E-state index is 0.676. The summed E-state index contributed by atoms with van der Waals surface area (Å²) in [5.74, 6) is 2.82. The van der Waals surface area contributed by atoms with Gasteiger partial charge in [0.1, 0.15) is 5.82 Å². The fourth-order valence-corrected chi connectivity index (χ4v) is 1.84. The maximum atomic E-state index is 4.52. The van der Waals surface area contributed by atoms with Gasteiger partial charge in [-0.1, -0.05) is 32.6 Å². The van der Waals surface area contributed by atoms with Crippen molar-refractivity contribution in [3.8, 4) is 0 Å². The summed E-state index contributed by atoms with van der Waals surface area (Å²) in [6, 6.07) is 0. The maximum absolute atomic E-state index is 4.52. The third-order valence-corrected chi connectivity index (χ3v) is 3.01. The largest absolute Gasteiger partial charge is 0.263 e. The van der Waals surface area contributed by atoms with E-state index in [-0.39, 0.29) is 0 Å². The van der Waals surface area contributed by atoms with Crippen molar-refractivity contribution in [2.45, 2.75) is 64.2 Å². The Balaban J connectivity index is 1.64. The second-order valence-electron chi connectivity index (χ2n) is 4.58. The van der Waals surface area contributed by atoms with E-state index >= 15 is 0 Å². The first-order chi connectivity index (χ1) is 7.40. The first kappa shape index (κ1) is 10.7. The molecule has 1 aliphatic carbocycles. The van der Waals surface area contributed by atoms with Gasteiger partial charge in [-0.2, -0.15) is 5.10 Å². The van der Waals surface area contributed by atoms with E-state index in [2.05, 4.69) is 22.1 Å². The van der Waals surface area contributed by atoms with Gasteiger partial charge in [-0.25, -0.2) is 4.98 Å². The van der Waals surface area contributed by atoms with E-state index in [1.165, 1.54) is 44.9 Å². The molecule has 15 heavy (non-hydrogen) atoms. The van der Waals surface area contributed by atoms with Crippen LogP contribution in [0.3, 0.4) is 0 Å². The predicted octanol–water partition coefficient (Wildman–Crippen LogP) is 3.20. The molecule has 0 saturated heterocycles. The monoisotopic (exact) mass is 207 g/mol. The topological polar surface area (TPSA) is 41.6 Å². The van der Waals surface area contributed by atoms with Crippen molar-refractivity contribution in [2.75, 3.05) is 0 Å². The Bertz CT molecular complexity index is 289. The summed E-state index contributed by atoms with van der Waals surface area (Å²) in [7, 11) is 0. The van der Waals surface area contributed by atoms with Gasteiger partial charge in [-0.3, -0.25) is 5.10 Å². The van der Waals surface area contributed by atoms with E-state index in [9.17, 15) is 0 Å². The van der Waals surface area contributed by atoms with Gasteiger partial charge in [-0.05, 0) is 19.3 Å². The summed E-state index contributed by atoms with van der Waals surface area (Å²) in [4.78, 5) is 4.52. The van der Waals surface area contributed by atoms with Crippen LogP contribution in [-0.2, 0) is 6.42 Å². The molecule has 0 bridgehead atoms. The number of rotatable bonds is 7. The molecule has 1 N–H and O–H groups in total. The summed E-state index contributed by atoms with van der Waals surface area (Å²) in [5, 5.41) is 7.31. The van der Waals surface area contributed by atoms with E-state index in [1.807, 2.05) is 0 Å². The van der Waals surface area contributed by atoms with Crippen LogP contribution in [0, 0.1) is 0 Å². The van der Waals surface area contributed by atoms with Gasteiger partial charge in [0.2, 0.25) is 0 Å². The van der Waals surface area contributed by atoms with E-state index in [0.29, 0.717) is 5.92 Å². The Morgan fingerprint density at radius 1 is 1.20 bits per heavy atom. The molecule has 0 unspecified atom stereocenters. The molecule has 0 aromatic carbocycles.